The molecule has 0 aromatic rings. The number of piperazine rings is 1. The first-order valence-electron chi connectivity index (χ1n) is 8.51. The Hall–Kier alpha value is -0.0800. The highest BCUT2D eigenvalue weighted by molar-refractivity contribution is 5.02. The van der Waals surface area contributed by atoms with E-state index in [1.165, 1.54) is 64.5 Å². The SMILES string of the molecule is CC1CNC2(CCCC2)CN1C1CCC(C)(C)CC1. The first-order chi connectivity index (χ1) is 9.00. The zero-order valence-electron chi connectivity index (χ0n) is 13.2. The summed E-state index contributed by atoms with van der Waals surface area (Å²) >= 11 is 0. The minimum atomic E-state index is 0.486. The molecule has 110 valence electrons. The lowest BCUT2D eigenvalue weighted by Crippen LogP contribution is -2.64. The third-order valence-corrected chi connectivity index (χ3v) is 6.16. The zero-order chi connectivity index (χ0) is 13.5. The third kappa shape index (κ3) is 2.85. The van der Waals surface area contributed by atoms with Gasteiger partial charge in [-0.1, -0.05) is 26.7 Å². The monoisotopic (exact) mass is 264 g/mol. The first-order valence-corrected chi connectivity index (χ1v) is 8.51. The van der Waals surface area contributed by atoms with E-state index in [2.05, 4.69) is 31.0 Å². The molecule has 0 amide bonds. The summed E-state index contributed by atoms with van der Waals surface area (Å²) in [7, 11) is 0. The van der Waals surface area contributed by atoms with Gasteiger partial charge in [0.15, 0.2) is 0 Å². The normalized spacial score (nSPS) is 35.8. The summed E-state index contributed by atoms with van der Waals surface area (Å²) < 4.78 is 0. The van der Waals surface area contributed by atoms with Crippen LogP contribution in [-0.4, -0.2) is 35.6 Å². The van der Waals surface area contributed by atoms with Crippen LogP contribution in [0.5, 0.6) is 0 Å². The van der Waals surface area contributed by atoms with Crippen LogP contribution in [0.1, 0.15) is 72.1 Å². The molecule has 0 aromatic heterocycles. The van der Waals surface area contributed by atoms with E-state index in [1.807, 2.05) is 0 Å². The van der Waals surface area contributed by atoms with Gasteiger partial charge in [-0.05, 0) is 50.9 Å². The standard InChI is InChI=1S/C17H32N2/c1-14-12-18-17(8-4-5-9-17)13-19(14)15-6-10-16(2,3)11-7-15/h14-15,18H,4-13H2,1-3H3. The number of rotatable bonds is 1. The second-order valence-electron chi connectivity index (χ2n) is 8.29. The topological polar surface area (TPSA) is 15.3 Å². The van der Waals surface area contributed by atoms with Crippen LogP contribution in [0, 0.1) is 5.41 Å². The van der Waals surface area contributed by atoms with E-state index in [4.69, 9.17) is 0 Å². The van der Waals surface area contributed by atoms with Gasteiger partial charge in [0.05, 0.1) is 0 Å². The Balaban J connectivity index is 1.65. The van der Waals surface area contributed by atoms with Gasteiger partial charge in [-0.2, -0.15) is 0 Å². The average Bonchev–Trinajstić information content (AvgIpc) is 2.82. The predicted molar refractivity (Wildman–Crippen MR) is 81.4 cm³/mol. The summed E-state index contributed by atoms with van der Waals surface area (Å²) in [5.41, 5.74) is 1.08. The van der Waals surface area contributed by atoms with Gasteiger partial charge in [-0.25, -0.2) is 0 Å². The minimum Gasteiger partial charge on any atom is -0.308 e. The van der Waals surface area contributed by atoms with Gasteiger partial charge in [0.25, 0.3) is 0 Å². The number of nitrogens with one attached hydrogen (secondary N) is 1. The smallest absolute Gasteiger partial charge is 0.0309 e. The summed E-state index contributed by atoms with van der Waals surface area (Å²) in [6.45, 7) is 9.85. The lowest BCUT2D eigenvalue weighted by Gasteiger charge is -2.50. The van der Waals surface area contributed by atoms with Crippen molar-refractivity contribution in [1.82, 2.24) is 10.2 Å². The lowest BCUT2D eigenvalue weighted by atomic mass is 9.74. The van der Waals surface area contributed by atoms with E-state index in [0.29, 0.717) is 11.0 Å². The zero-order valence-corrected chi connectivity index (χ0v) is 13.2. The van der Waals surface area contributed by atoms with Crippen molar-refractivity contribution in [3.63, 3.8) is 0 Å². The van der Waals surface area contributed by atoms with Gasteiger partial charge in [-0.15, -0.1) is 0 Å². The van der Waals surface area contributed by atoms with Crippen molar-refractivity contribution in [2.75, 3.05) is 13.1 Å². The maximum absolute atomic E-state index is 3.89. The van der Waals surface area contributed by atoms with Crippen molar-refractivity contribution in [2.24, 2.45) is 5.41 Å². The van der Waals surface area contributed by atoms with Crippen LogP contribution >= 0.6 is 0 Å². The molecule has 0 aromatic carbocycles. The van der Waals surface area contributed by atoms with Crippen molar-refractivity contribution >= 4 is 0 Å². The van der Waals surface area contributed by atoms with Crippen molar-refractivity contribution in [3.8, 4) is 0 Å². The summed E-state index contributed by atoms with van der Waals surface area (Å²) in [5.74, 6) is 0. The van der Waals surface area contributed by atoms with E-state index in [0.717, 1.165) is 12.1 Å². The van der Waals surface area contributed by atoms with Crippen molar-refractivity contribution < 1.29 is 0 Å². The molecule has 2 heteroatoms. The highest BCUT2D eigenvalue weighted by Crippen LogP contribution is 2.40. The molecule has 2 nitrogen and oxygen atoms in total. The minimum absolute atomic E-state index is 0.486. The number of hydrogen-bond acceptors (Lipinski definition) is 2. The molecule has 0 radical (unpaired) electrons. The number of nitrogens with zero attached hydrogens (tertiary/aromatic N) is 1. The molecule has 1 N–H and O–H groups in total. The Labute approximate surface area is 119 Å². The van der Waals surface area contributed by atoms with Crippen LogP contribution in [0.25, 0.3) is 0 Å². The van der Waals surface area contributed by atoms with E-state index in [9.17, 15) is 0 Å². The maximum atomic E-state index is 3.89. The Morgan fingerprint density at radius 2 is 1.63 bits per heavy atom. The molecule has 3 fully saturated rings. The number of hydrogen-bond donors (Lipinski definition) is 1. The van der Waals surface area contributed by atoms with Crippen molar-refractivity contribution in [3.05, 3.63) is 0 Å². The van der Waals surface area contributed by atoms with E-state index in [-0.39, 0.29) is 0 Å². The van der Waals surface area contributed by atoms with Crippen molar-refractivity contribution in [1.29, 1.82) is 0 Å². The van der Waals surface area contributed by atoms with Gasteiger partial charge >= 0.3 is 0 Å². The van der Waals surface area contributed by atoms with Gasteiger partial charge < -0.3 is 5.32 Å². The van der Waals surface area contributed by atoms with Crippen LogP contribution in [0.4, 0.5) is 0 Å². The van der Waals surface area contributed by atoms with Gasteiger partial charge in [0.2, 0.25) is 0 Å². The second kappa shape index (κ2) is 5.04. The van der Waals surface area contributed by atoms with E-state index in [1.54, 1.807) is 0 Å². The molecule has 3 rings (SSSR count). The van der Waals surface area contributed by atoms with Crippen LogP contribution in [0.15, 0.2) is 0 Å². The molecule has 0 bridgehead atoms. The predicted octanol–water partition coefficient (Wildman–Crippen LogP) is 3.56. The molecule has 2 saturated carbocycles. The fourth-order valence-electron chi connectivity index (χ4n) is 4.63. The molecule has 19 heavy (non-hydrogen) atoms. The van der Waals surface area contributed by atoms with Gasteiger partial charge in [-0.3, -0.25) is 4.90 Å². The van der Waals surface area contributed by atoms with Crippen molar-refractivity contribution in [2.45, 2.75) is 89.8 Å². The fourth-order valence-corrected chi connectivity index (χ4v) is 4.63. The Kier molecular flexibility index (Phi) is 3.68. The molecule has 1 unspecified atom stereocenters. The fraction of sp³-hybridized carbons (Fsp3) is 1.00. The Bertz CT molecular complexity index is 307. The second-order valence-corrected chi connectivity index (χ2v) is 8.29. The molecule has 1 saturated heterocycles. The van der Waals surface area contributed by atoms with E-state index < -0.39 is 0 Å². The molecule has 1 spiro atoms. The Morgan fingerprint density at radius 1 is 1.00 bits per heavy atom. The molecule has 2 aliphatic carbocycles. The quantitative estimate of drug-likeness (QED) is 0.779. The molecule has 1 atom stereocenters. The summed E-state index contributed by atoms with van der Waals surface area (Å²) in [5, 5.41) is 3.89. The molecule has 1 heterocycles. The lowest BCUT2D eigenvalue weighted by molar-refractivity contribution is 0.0196. The van der Waals surface area contributed by atoms with Crippen LogP contribution in [0.2, 0.25) is 0 Å². The van der Waals surface area contributed by atoms with Crippen LogP contribution < -0.4 is 5.32 Å². The summed E-state index contributed by atoms with van der Waals surface area (Å²) in [4.78, 5) is 2.87. The van der Waals surface area contributed by atoms with E-state index >= 15 is 0 Å². The molecule has 1 aliphatic heterocycles. The van der Waals surface area contributed by atoms with Crippen LogP contribution in [0.3, 0.4) is 0 Å². The summed E-state index contributed by atoms with van der Waals surface area (Å²) in [6, 6.07) is 1.60. The Morgan fingerprint density at radius 3 is 2.26 bits per heavy atom. The highest BCUT2D eigenvalue weighted by atomic mass is 15.3. The average molecular weight is 264 g/mol. The van der Waals surface area contributed by atoms with Gasteiger partial charge in [0.1, 0.15) is 0 Å². The molecule has 3 aliphatic rings. The maximum Gasteiger partial charge on any atom is 0.0309 e. The molecular weight excluding hydrogens is 232 g/mol. The largest absolute Gasteiger partial charge is 0.308 e. The summed E-state index contributed by atoms with van der Waals surface area (Å²) in [6.07, 6.45) is 11.4. The highest BCUT2D eigenvalue weighted by Gasteiger charge is 2.42. The van der Waals surface area contributed by atoms with Gasteiger partial charge in [0, 0.05) is 30.7 Å². The molecular formula is C17H32N2. The third-order valence-electron chi connectivity index (χ3n) is 6.16. The first kappa shape index (κ1) is 13.9. The van der Waals surface area contributed by atoms with Crippen LogP contribution in [-0.2, 0) is 0 Å².